The lowest BCUT2D eigenvalue weighted by atomic mass is 9.90. The van der Waals surface area contributed by atoms with Gasteiger partial charge in [-0.2, -0.15) is 0 Å². The topological polar surface area (TPSA) is 9.23 Å². The molecule has 0 spiro atoms. The number of benzene rings is 1. The molecule has 0 aliphatic rings. The van der Waals surface area contributed by atoms with Crippen molar-refractivity contribution in [3.8, 4) is 5.75 Å². The average molecular weight is 261 g/mol. The average Bonchev–Trinajstić information content (AvgIpc) is 2.36. The number of rotatable bonds is 7. The molecule has 0 atom stereocenters. The Kier molecular flexibility index (Phi) is 6.00. The van der Waals surface area contributed by atoms with Crippen LogP contribution in [0.3, 0.4) is 0 Å². The smallest absolute Gasteiger partial charge is 0.119 e. The lowest BCUT2D eigenvalue weighted by Gasteiger charge is -2.23. The van der Waals surface area contributed by atoms with Crippen molar-refractivity contribution in [2.24, 2.45) is 5.41 Å². The van der Waals surface area contributed by atoms with Crippen molar-refractivity contribution in [1.29, 1.82) is 0 Å². The molecule has 1 nitrogen and oxygen atoms in total. The van der Waals surface area contributed by atoms with Crippen molar-refractivity contribution in [2.45, 2.75) is 19.8 Å². The van der Waals surface area contributed by atoms with Crippen LogP contribution >= 0.6 is 23.2 Å². The second-order valence-corrected chi connectivity index (χ2v) is 4.88. The fraction of sp³-hybridized carbons (Fsp3) is 0.538. The first-order valence-corrected chi connectivity index (χ1v) is 6.57. The van der Waals surface area contributed by atoms with E-state index in [1.807, 2.05) is 30.3 Å². The summed E-state index contributed by atoms with van der Waals surface area (Å²) in [6.07, 6.45) is 1.97. The molecular weight excluding hydrogens is 243 g/mol. The monoisotopic (exact) mass is 260 g/mol. The molecule has 0 heterocycles. The summed E-state index contributed by atoms with van der Waals surface area (Å²) in [5, 5.41) is 0. The molecule has 0 unspecified atom stereocenters. The van der Waals surface area contributed by atoms with E-state index in [0.717, 1.165) is 18.6 Å². The number of hydrogen-bond donors (Lipinski definition) is 0. The standard InChI is InChI=1S/C13H18Cl2O/c1-13(10-14,11-15)8-5-9-16-12-6-3-2-4-7-12/h2-4,6-7H,5,8-11H2,1H3. The molecule has 1 aromatic carbocycles. The highest BCUT2D eigenvalue weighted by Gasteiger charge is 2.21. The van der Waals surface area contributed by atoms with E-state index in [1.165, 1.54) is 0 Å². The van der Waals surface area contributed by atoms with Crippen LogP contribution in [0.5, 0.6) is 5.75 Å². The molecule has 1 aromatic rings. The van der Waals surface area contributed by atoms with E-state index in [2.05, 4.69) is 6.92 Å². The summed E-state index contributed by atoms with van der Waals surface area (Å²) in [5.41, 5.74) is 0.0309. The molecule has 0 bridgehead atoms. The first-order valence-electron chi connectivity index (χ1n) is 5.50. The number of para-hydroxylation sites is 1. The first-order chi connectivity index (χ1) is 7.70. The van der Waals surface area contributed by atoms with Gasteiger partial charge in [0.05, 0.1) is 6.61 Å². The van der Waals surface area contributed by atoms with Crippen LogP contribution in [0.15, 0.2) is 30.3 Å². The van der Waals surface area contributed by atoms with Crippen LogP contribution in [0.2, 0.25) is 0 Å². The second kappa shape index (κ2) is 7.03. The molecule has 0 aliphatic heterocycles. The van der Waals surface area contributed by atoms with E-state index in [1.54, 1.807) is 0 Å². The van der Waals surface area contributed by atoms with Gasteiger partial charge in [-0.3, -0.25) is 0 Å². The summed E-state index contributed by atoms with van der Waals surface area (Å²) in [6.45, 7) is 2.82. The minimum atomic E-state index is 0.0309. The molecule has 0 saturated carbocycles. The Bertz CT molecular complexity index is 283. The van der Waals surface area contributed by atoms with E-state index < -0.39 is 0 Å². The van der Waals surface area contributed by atoms with Crippen LogP contribution in [-0.2, 0) is 0 Å². The predicted molar refractivity (Wildman–Crippen MR) is 70.7 cm³/mol. The number of alkyl halides is 2. The molecule has 0 fully saturated rings. The van der Waals surface area contributed by atoms with Gasteiger partial charge in [-0.05, 0) is 30.4 Å². The molecule has 16 heavy (non-hydrogen) atoms. The maximum absolute atomic E-state index is 5.88. The fourth-order valence-electron chi connectivity index (χ4n) is 1.38. The summed E-state index contributed by atoms with van der Waals surface area (Å²) in [7, 11) is 0. The second-order valence-electron chi connectivity index (χ2n) is 4.34. The SMILES string of the molecule is CC(CCl)(CCl)CCCOc1ccccc1. The summed E-state index contributed by atoms with van der Waals surface area (Å²) in [5.74, 6) is 2.12. The maximum atomic E-state index is 5.88. The Balaban J connectivity index is 2.22. The summed E-state index contributed by atoms with van der Waals surface area (Å²) in [6, 6.07) is 9.84. The van der Waals surface area contributed by atoms with Gasteiger partial charge in [0.25, 0.3) is 0 Å². The minimum absolute atomic E-state index is 0.0309. The third kappa shape index (κ3) is 4.63. The zero-order chi connectivity index (χ0) is 11.9. The van der Waals surface area contributed by atoms with Crippen LogP contribution in [0.25, 0.3) is 0 Å². The Hall–Kier alpha value is -0.400. The van der Waals surface area contributed by atoms with Gasteiger partial charge in [0, 0.05) is 11.8 Å². The summed E-state index contributed by atoms with van der Waals surface area (Å²) in [4.78, 5) is 0. The molecule has 1 rings (SSSR count). The highest BCUT2D eigenvalue weighted by molar-refractivity contribution is 6.21. The minimum Gasteiger partial charge on any atom is -0.494 e. The molecule has 3 heteroatoms. The first kappa shape index (κ1) is 13.7. The number of halogens is 2. The molecule has 0 N–H and O–H groups in total. The van der Waals surface area contributed by atoms with Crippen LogP contribution in [0.1, 0.15) is 19.8 Å². The molecule has 0 amide bonds. The van der Waals surface area contributed by atoms with Gasteiger partial charge in [0.2, 0.25) is 0 Å². The lowest BCUT2D eigenvalue weighted by Crippen LogP contribution is -2.21. The van der Waals surface area contributed by atoms with E-state index in [9.17, 15) is 0 Å². The maximum Gasteiger partial charge on any atom is 0.119 e. The Labute approximate surface area is 108 Å². The van der Waals surface area contributed by atoms with Crippen LogP contribution in [0, 0.1) is 5.41 Å². The predicted octanol–water partition coefficient (Wildman–Crippen LogP) is 4.33. The van der Waals surface area contributed by atoms with Gasteiger partial charge in [-0.1, -0.05) is 25.1 Å². The van der Waals surface area contributed by atoms with E-state index in [-0.39, 0.29) is 5.41 Å². The number of hydrogen-bond acceptors (Lipinski definition) is 1. The third-order valence-electron chi connectivity index (χ3n) is 2.58. The van der Waals surface area contributed by atoms with E-state index >= 15 is 0 Å². The van der Waals surface area contributed by atoms with Gasteiger partial charge in [-0.15, -0.1) is 23.2 Å². The zero-order valence-electron chi connectivity index (χ0n) is 9.59. The summed E-state index contributed by atoms with van der Waals surface area (Å²) < 4.78 is 5.60. The van der Waals surface area contributed by atoms with Gasteiger partial charge >= 0.3 is 0 Å². The quantitative estimate of drug-likeness (QED) is 0.524. The van der Waals surface area contributed by atoms with Crippen molar-refractivity contribution < 1.29 is 4.74 Å². The summed E-state index contributed by atoms with van der Waals surface area (Å²) >= 11 is 11.8. The lowest BCUT2D eigenvalue weighted by molar-refractivity contribution is 0.272. The Morgan fingerprint density at radius 2 is 1.75 bits per heavy atom. The van der Waals surface area contributed by atoms with Crippen molar-refractivity contribution >= 4 is 23.2 Å². The normalized spacial score (nSPS) is 11.4. The van der Waals surface area contributed by atoms with E-state index in [0.29, 0.717) is 18.4 Å². The van der Waals surface area contributed by atoms with E-state index in [4.69, 9.17) is 27.9 Å². The highest BCUT2D eigenvalue weighted by Crippen LogP contribution is 2.26. The molecule has 0 aliphatic carbocycles. The molecule has 0 saturated heterocycles. The van der Waals surface area contributed by atoms with Gasteiger partial charge in [-0.25, -0.2) is 0 Å². The largest absolute Gasteiger partial charge is 0.494 e. The Morgan fingerprint density at radius 3 is 2.31 bits per heavy atom. The van der Waals surface area contributed by atoms with Crippen LogP contribution in [-0.4, -0.2) is 18.4 Å². The van der Waals surface area contributed by atoms with Crippen molar-refractivity contribution in [1.82, 2.24) is 0 Å². The molecule has 90 valence electrons. The van der Waals surface area contributed by atoms with Crippen molar-refractivity contribution in [3.63, 3.8) is 0 Å². The van der Waals surface area contributed by atoms with Crippen LogP contribution in [0.4, 0.5) is 0 Å². The third-order valence-corrected chi connectivity index (χ3v) is 3.87. The Morgan fingerprint density at radius 1 is 1.12 bits per heavy atom. The zero-order valence-corrected chi connectivity index (χ0v) is 11.1. The highest BCUT2D eigenvalue weighted by atomic mass is 35.5. The fourth-order valence-corrected chi connectivity index (χ4v) is 1.93. The number of ether oxygens (including phenoxy) is 1. The van der Waals surface area contributed by atoms with Crippen molar-refractivity contribution in [2.75, 3.05) is 18.4 Å². The molecule has 0 radical (unpaired) electrons. The molecule has 0 aromatic heterocycles. The van der Waals surface area contributed by atoms with Gasteiger partial charge < -0.3 is 4.74 Å². The molecular formula is C13H18Cl2O. The van der Waals surface area contributed by atoms with Gasteiger partial charge in [0.1, 0.15) is 5.75 Å². The van der Waals surface area contributed by atoms with Gasteiger partial charge in [0.15, 0.2) is 0 Å². The van der Waals surface area contributed by atoms with Crippen molar-refractivity contribution in [3.05, 3.63) is 30.3 Å². The van der Waals surface area contributed by atoms with Crippen LogP contribution < -0.4 is 4.74 Å².